The number of fused-ring (bicyclic) bond motifs is 3. The summed E-state index contributed by atoms with van der Waals surface area (Å²) in [7, 11) is -0.974. The van der Waals surface area contributed by atoms with Gasteiger partial charge in [-0.05, 0) is 53.4 Å². The number of nitro benzene ring substituents is 1. The Kier molecular flexibility index (Phi) is 8.61. The Morgan fingerprint density at radius 3 is 2.36 bits per heavy atom. The van der Waals surface area contributed by atoms with E-state index in [-0.39, 0.29) is 42.1 Å². The molecule has 4 aromatic carbocycles. The number of rotatable bonds is 8. The number of aliphatic hydroxyl groups is 1. The van der Waals surface area contributed by atoms with Gasteiger partial charge in [0.15, 0.2) is 5.60 Å². The predicted octanol–water partition coefficient (Wildman–Crippen LogP) is 5.83. The molecule has 0 aliphatic carbocycles. The lowest BCUT2D eigenvalue weighted by Gasteiger charge is -2.39. The van der Waals surface area contributed by atoms with E-state index >= 15 is 4.79 Å². The first-order valence-corrected chi connectivity index (χ1v) is 20.1. The highest BCUT2D eigenvalue weighted by atomic mass is 28.3. The molecular formula is C39H41N3O7Si. The second-order valence-corrected chi connectivity index (χ2v) is 18.8. The van der Waals surface area contributed by atoms with Crippen LogP contribution in [0, 0.1) is 16.0 Å². The lowest BCUT2D eigenvalue weighted by Crippen LogP contribution is -2.52. The minimum absolute atomic E-state index is 0.00904. The minimum Gasteiger partial charge on any atom is -0.497 e. The van der Waals surface area contributed by atoms with Crippen LogP contribution in [-0.4, -0.2) is 60.7 Å². The molecule has 50 heavy (non-hydrogen) atoms. The Balaban J connectivity index is 1.35. The molecule has 0 aromatic heterocycles. The van der Waals surface area contributed by atoms with Gasteiger partial charge in [-0.15, -0.1) is 0 Å². The molecule has 1 N–H and O–H groups in total. The first-order valence-electron chi connectivity index (χ1n) is 17.0. The second kappa shape index (κ2) is 12.8. The summed E-state index contributed by atoms with van der Waals surface area (Å²) < 4.78 is 12.5. The smallest absolute Gasteiger partial charge is 0.269 e. The van der Waals surface area contributed by atoms with Gasteiger partial charge in [0.25, 0.3) is 11.6 Å². The molecule has 258 valence electrons. The molecule has 0 saturated carbocycles. The highest BCUT2D eigenvalue weighted by Gasteiger charge is 2.67. The first-order chi connectivity index (χ1) is 24.0. The average molecular weight is 692 g/mol. The van der Waals surface area contributed by atoms with Crippen molar-refractivity contribution >= 4 is 42.1 Å². The standard InChI is InChI=1S/C39H41N3O7Si/c1-25-37(50(3,4)32-17-15-31(48-2)16-18-32)35(22-36(44)40-23-27-11-9-8-10-26(27)20-30(40)24-43)49-39(25)33-21-29(42(46)47)14-19-34(33)41(38(39)45)28-12-6-5-7-13-28/h5-19,21,25,30,35,37,43H,20,22-24H2,1-4H3/t25-,30+,35+,37-,39+/m1/s1. The molecule has 4 aromatic rings. The Morgan fingerprint density at radius 2 is 1.70 bits per heavy atom. The van der Waals surface area contributed by atoms with E-state index in [1.807, 2.05) is 73.7 Å². The van der Waals surface area contributed by atoms with E-state index in [2.05, 4.69) is 25.2 Å². The molecule has 1 fully saturated rings. The van der Waals surface area contributed by atoms with Crippen molar-refractivity contribution in [1.29, 1.82) is 0 Å². The van der Waals surface area contributed by atoms with Gasteiger partial charge >= 0.3 is 0 Å². The van der Waals surface area contributed by atoms with E-state index in [0.717, 1.165) is 22.1 Å². The monoisotopic (exact) mass is 691 g/mol. The summed E-state index contributed by atoms with van der Waals surface area (Å²) in [6.07, 6.45) is -0.156. The molecule has 2 amide bonds. The van der Waals surface area contributed by atoms with Crippen molar-refractivity contribution in [1.82, 2.24) is 4.90 Å². The van der Waals surface area contributed by atoms with Crippen molar-refractivity contribution in [2.24, 2.45) is 5.92 Å². The molecule has 1 saturated heterocycles. The molecule has 10 nitrogen and oxygen atoms in total. The number of methoxy groups -OCH3 is 1. The summed E-state index contributed by atoms with van der Waals surface area (Å²) in [6, 6.07) is 29.3. The number of benzene rings is 4. The number of hydrogen-bond donors (Lipinski definition) is 1. The van der Waals surface area contributed by atoms with Crippen LogP contribution in [0.15, 0.2) is 97.1 Å². The molecule has 0 radical (unpaired) electrons. The maximum atomic E-state index is 15.0. The zero-order chi connectivity index (χ0) is 35.4. The van der Waals surface area contributed by atoms with Crippen LogP contribution >= 0.6 is 0 Å². The number of aliphatic hydroxyl groups excluding tert-OH is 1. The number of amides is 2. The van der Waals surface area contributed by atoms with Crippen molar-refractivity contribution in [3.05, 3.63) is 124 Å². The molecule has 0 unspecified atom stereocenters. The summed E-state index contributed by atoms with van der Waals surface area (Å²) in [6.45, 7) is 6.64. The molecule has 5 atom stereocenters. The largest absolute Gasteiger partial charge is 0.497 e. The van der Waals surface area contributed by atoms with Gasteiger partial charge in [-0.1, -0.05) is 79.8 Å². The van der Waals surface area contributed by atoms with Crippen LogP contribution < -0.4 is 14.8 Å². The number of ether oxygens (including phenoxy) is 2. The normalized spacial score (nSPS) is 24.3. The number of carbonyl (C=O) groups is 2. The number of nitro groups is 1. The van der Waals surface area contributed by atoms with E-state index in [0.29, 0.717) is 29.9 Å². The Hall–Kier alpha value is -4.84. The van der Waals surface area contributed by atoms with E-state index < -0.39 is 30.6 Å². The number of para-hydroxylation sites is 1. The lowest BCUT2D eigenvalue weighted by atomic mass is 9.82. The van der Waals surface area contributed by atoms with Crippen LogP contribution in [0.2, 0.25) is 18.6 Å². The Labute approximate surface area is 292 Å². The fourth-order valence-corrected chi connectivity index (χ4v) is 12.7. The molecule has 3 aliphatic heterocycles. The molecule has 7 rings (SSSR count). The van der Waals surface area contributed by atoms with Crippen molar-refractivity contribution in [3.8, 4) is 5.75 Å². The summed E-state index contributed by atoms with van der Waals surface area (Å²) >= 11 is 0. The number of carbonyl (C=O) groups excluding carboxylic acids is 2. The number of hydrogen-bond acceptors (Lipinski definition) is 7. The predicted molar refractivity (Wildman–Crippen MR) is 192 cm³/mol. The third kappa shape index (κ3) is 5.31. The fraction of sp³-hybridized carbons (Fsp3) is 0.333. The SMILES string of the molecule is COc1ccc([Si](C)(C)[C@H]2[C@H](CC(=O)N3Cc4ccccc4C[C@H]3CO)O[C@@]3(C(=O)N(c4ccccc4)c4ccc([N+](=O)[O-])cc43)[C@@H]2C)cc1. The van der Waals surface area contributed by atoms with Crippen LogP contribution in [0.5, 0.6) is 5.75 Å². The van der Waals surface area contributed by atoms with Gasteiger partial charge < -0.3 is 19.5 Å². The van der Waals surface area contributed by atoms with Crippen LogP contribution in [-0.2, 0) is 32.9 Å². The average Bonchev–Trinajstić information content (AvgIpc) is 3.56. The third-order valence-corrected chi connectivity index (χ3v) is 15.6. The van der Waals surface area contributed by atoms with Crippen LogP contribution in [0.25, 0.3) is 0 Å². The number of non-ortho nitro benzene ring substituents is 1. The fourth-order valence-electron chi connectivity index (χ4n) is 8.71. The third-order valence-electron chi connectivity index (χ3n) is 11.2. The van der Waals surface area contributed by atoms with Crippen molar-refractivity contribution < 1.29 is 29.1 Å². The molecule has 3 heterocycles. The summed E-state index contributed by atoms with van der Waals surface area (Å²) in [5.74, 6) is -0.223. The Bertz CT molecular complexity index is 1950. The molecule has 1 spiro atoms. The van der Waals surface area contributed by atoms with Crippen LogP contribution in [0.3, 0.4) is 0 Å². The topological polar surface area (TPSA) is 122 Å². The van der Waals surface area contributed by atoms with Crippen molar-refractivity contribution in [2.75, 3.05) is 18.6 Å². The van der Waals surface area contributed by atoms with Gasteiger partial charge in [0.05, 0.1) is 51.0 Å². The van der Waals surface area contributed by atoms with Gasteiger partial charge in [0.1, 0.15) is 5.75 Å². The summed E-state index contributed by atoms with van der Waals surface area (Å²) in [5, 5.41) is 23.6. The number of anilines is 2. The lowest BCUT2D eigenvalue weighted by molar-refractivity contribution is -0.385. The van der Waals surface area contributed by atoms with E-state index in [1.165, 1.54) is 12.1 Å². The van der Waals surface area contributed by atoms with Gasteiger partial charge in [0, 0.05) is 35.8 Å². The molecular weight excluding hydrogens is 651 g/mol. The van der Waals surface area contributed by atoms with Gasteiger partial charge in [-0.25, -0.2) is 0 Å². The maximum Gasteiger partial charge on any atom is 0.269 e. The Morgan fingerprint density at radius 1 is 1.02 bits per heavy atom. The zero-order valence-electron chi connectivity index (χ0n) is 28.6. The maximum absolute atomic E-state index is 15.0. The van der Waals surface area contributed by atoms with E-state index in [1.54, 1.807) is 23.0 Å². The zero-order valence-corrected chi connectivity index (χ0v) is 29.6. The first kappa shape index (κ1) is 33.6. The molecule has 11 heteroatoms. The van der Waals surface area contributed by atoms with Crippen molar-refractivity contribution in [2.45, 2.75) is 62.7 Å². The minimum atomic E-state index is -2.59. The quantitative estimate of drug-likeness (QED) is 0.140. The van der Waals surface area contributed by atoms with Crippen LogP contribution in [0.1, 0.15) is 30.0 Å². The second-order valence-electron chi connectivity index (χ2n) is 14.1. The van der Waals surface area contributed by atoms with Gasteiger partial charge in [-0.2, -0.15) is 0 Å². The van der Waals surface area contributed by atoms with E-state index in [4.69, 9.17) is 9.47 Å². The molecule has 0 bridgehead atoms. The highest BCUT2D eigenvalue weighted by Crippen LogP contribution is 2.61. The van der Waals surface area contributed by atoms with Crippen LogP contribution in [0.4, 0.5) is 17.1 Å². The summed E-state index contributed by atoms with van der Waals surface area (Å²) in [4.78, 5) is 44.5. The summed E-state index contributed by atoms with van der Waals surface area (Å²) in [5.41, 5.74) is 1.78. The van der Waals surface area contributed by atoms with E-state index in [9.17, 15) is 20.0 Å². The van der Waals surface area contributed by atoms with Crippen molar-refractivity contribution in [3.63, 3.8) is 0 Å². The van der Waals surface area contributed by atoms with Gasteiger partial charge in [0.2, 0.25) is 5.91 Å². The molecule has 3 aliphatic rings. The highest BCUT2D eigenvalue weighted by molar-refractivity contribution is 6.91. The number of nitrogens with zero attached hydrogens (tertiary/aromatic N) is 3. The van der Waals surface area contributed by atoms with Gasteiger partial charge in [-0.3, -0.25) is 24.6 Å².